The molecule has 0 bridgehead atoms. The summed E-state index contributed by atoms with van der Waals surface area (Å²) in [6.45, 7) is 9.90. The van der Waals surface area contributed by atoms with Crippen LogP contribution in [0.5, 0.6) is 0 Å². The predicted octanol–water partition coefficient (Wildman–Crippen LogP) is 4.58. The largest absolute Gasteiger partial charge is 0.462 e. The minimum Gasteiger partial charge on any atom is -0.462 e. The molecule has 0 unspecified atom stereocenters. The average Bonchev–Trinajstić information content (AvgIpc) is 3.33. The Morgan fingerprint density at radius 2 is 1.90 bits per heavy atom. The molecule has 3 saturated carbocycles. The molecule has 1 saturated heterocycles. The zero-order valence-corrected chi connectivity index (χ0v) is 19.0. The maximum atomic E-state index is 11.6. The second kappa shape index (κ2) is 6.57. The third-order valence-corrected chi connectivity index (χ3v) is 9.85. The van der Waals surface area contributed by atoms with Gasteiger partial charge < -0.3 is 14.2 Å². The molecule has 0 aromatic heterocycles. The second-order valence-corrected chi connectivity index (χ2v) is 11.1. The Hall–Kier alpha value is -1.36. The fourth-order valence-electron chi connectivity index (χ4n) is 8.52. The van der Waals surface area contributed by atoms with E-state index in [1.54, 1.807) is 0 Å². The van der Waals surface area contributed by atoms with Crippen LogP contribution in [0.1, 0.15) is 79.6 Å². The van der Waals surface area contributed by atoms with Crippen LogP contribution in [0.4, 0.5) is 0 Å². The van der Waals surface area contributed by atoms with Gasteiger partial charge in [0.2, 0.25) is 0 Å². The van der Waals surface area contributed by atoms with Crippen molar-refractivity contribution in [2.24, 2.45) is 28.6 Å². The van der Waals surface area contributed by atoms with E-state index < -0.39 is 0 Å². The van der Waals surface area contributed by atoms with Crippen molar-refractivity contribution in [3.8, 4) is 0 Å². The highest BCUT2D eigenvalue weighted by Crippen LogP contribution is 2.74. The molecule has 5 nitrogen and oxygen atoms in total. The number of ether oxygens (including phenoxy) is 3. The van der Waals surface area contributed by atoms with Crippen LogP contribution in [-0.2, 0) is 23.8 Å². The molecule has 4 fully saturated rings. The quantitative estimate of drug-likeness (QED) is 0.383. The zero-order valence-electron chi connectivity index (χ0n) is 19.0. The minimum atomic E-state index is -0.286. The van der Waals surface area contributed by atoms with E-state index in [2.05, 4.69) is 19.9 Å². The molecule has 0 aromatic rings. The van der Waals surface area contributed by atoms with Crippen LogP contribution in [0.25, 0.3) is 0 Å². The topological polar surface area (TPSA) is 65.1 Å². The van der Waals surface area contributed by atoms with Crippen LogP contribution in [0.15, 0.2) is 11.6 Å². The Balaban J connectivity index is 1.40. The van der Waals surface area contributed by atoms with Gasteiger partial charge in [-0.1, -0.05) is 25.5 Å². The highest BCUT2D eigenvalue weighted by Gasteiger charge is 2.79. The van der Waals surface area contributed by atoms with E-state index in [4.69, 9.17) is 14.2 Å². The Kier molecular flexibility index (Phi) is 4.50. The van der Waals surface area contributed by atoms with Gasteiger partial charge >= 0.3 is 11.9 Å². The number of epoxide rings is 1. The maximum absolute atomic E-state index is 11.6. The number of hydrogen-bond acceptors (Lipinski definition) is 5. The van der Waals surface area contributed by atoms with Crippen molar-refractivity contribution in [1.82, 2.24) is 0 Å². The van der Waals surface area contributed by atoms with E-state index in [1.807, 2.05) is 6.92 Å². The molecule has 5 aliphatic rings. The van der Waals surface area contributed by atoms with Crippen molar-refractivity contribution >= 4 is 11.9 Å². The summed E-state index contributed by atoms with van der Waals surface area (Å²) in [7, 11) is 0. The van der Waals surface area contributed by atoms with Crippen molar-refractivity contribution in [2.45, 2.75) is 103 Å². The lowest BCUT2D eigenvalue weighted by Gasteiger charge is -2.58. The lowest BCUT2D eigenvalue weighted by Crippen LogP contribution is -2.55. The van der Waals surface area contributed by atoms with E-state index in [1.165, 1.54) is 25.8 Å². The second-order valence-electron chi connectivity index (χ2n) is 11.1. The predicted molar refractivity (Wildman–Crippen MR) is 111 cm³/mol. The van der Waals surface area contributed by atoms with Gasteiger partial charge in [-0.2, -0.15) is 0 Å². The highest BCUT2D eigenvalue weighted by molar-refractivity contribution is 5.66. The zero-order chi connectivity index (χ0) is 21.5. The van der Waals surface area contributed by atoms with Gasteiger partial charge in [-0.05, 0) is 68.6 Å². The van der Waals surface area contributed by atoms with Crippen LogP contribution in [0.3, 0.4) is 0 Å². The molecule has 9 atom stereocenters. The van der Waals surface area contributed by atoms with Gasteiger partial charge in [-0.3, -0.25) is 9.59 Å². The van der Waals surface area contributed by atoms with Crippen LogP contribution in [0.2, 0.25) is 0 Å². The number of carbonyl (C=O) groups excluding carboxylic acids is 2. The molecule has 166 valence electrons. The summed E-state index contributed by atoms with van der Waals surface area (Å²) in [5.74, 6) is 1.60. The minimum absolute atomic E-state index is 0.0487. The lowest BCUT2D eigenvalue weighted by atomic mass is 9.47. The van der Waals surface area contributed by atoms with Crippen LogP contribution in [0, 0.1) is 28.6 Å². The fraction of sp³-hybridized carbons (Fsp3) is 0.840. The number of hydrogen-bond donors (Lipinski definition) is 0. The third-order valence-electron chi connectivity index (χ3n) is 9.85. The molecule has 0 aromatic carbocycles. The van der Waals surface area contributed by atoms with E-state index in [-0.39, 0.29) is 46.7 Å². The van der Waals surface area contributed by atoms with Crippen LogP contribution in [-0.4, -0.2) is 35.9 Å². The van der Waals surface area contributed by atoms with Gasteiger partial charge in [0.25, 0.3) is 0 Å². The number of rotatable bonds is 3. The monoisotopic (exact) mass is 416 g/mol. The molecular formula is C25H36O5. The first-order valence-electron chi connectivity index (χ1n) is 11.8. The molecule has 4 aliphatic carbocycles. The summed E-state index contributed by atoms with van der Waals surface area (Å²) >= 11 is 0. The Morgan fingerprint density at radius 3 is 2.60 bits per heavy atom. The molecule has 5 rings (SSSR count). The van der Waals surface area contributed by atoms with Crippen molar-refractivity contribution in [1.29, 1.82) is 0 Å². The average molecular weight is 417 g/mol. The number of carbonyl (C=O) groups is 2. The van der Waals surface area contributed by atoms with Crippen LogP contribution >= 0.6 is 0 Å². The standard InChI is InChI=1S/C25H36O5/c1-14(28-15(2)26)25-22(30-25)13-21-19-7-6-17-12-18(29-16(3)27)8-10-23(17,4)20(19)9-11-24(21,25)5/h6,14,18-22H,7-13H2,1-5H3/t14-,18-,19-,20+,21+,22+,23-,24-,25+/m1/s1. The fourth-order valence-corrected chi connectivity index (χ4v) is 8.52. The molecule has 1 heterocycles. The van der Waals surface area contributed by atoms with E-state index in [0.29, 0.717) is 17.8 Å². The van der Waals surface area contributed by atoms with Gasteiger partial charge in [-0.25, -0.2) is 0 Å². The van der Waals surface area contributed by atoms with Crippen LogP contribution < -0.4 is 0 Å². The molecule has 30 heavy (non-hydrogen) atoms. The first-order chi connectivity index (χ1) is 14.1. The number of esters is 2. The molecule has 0 spiro atoms. The normalized spacial score (nSPS) is 49.5. The number of allylic oxidation sites excluding steroid dienone is 1. The SMILES string of the molecule is CC(=O)O[C@@H]1CC[C@]2(C)C(=CC[C@@H]3[C@@H]2CC[C@]2(C)[C@H]3C[C@@H]3O[C@@]32[C@@H](C)OC(C)=O)C1. The molecule has 1 aliphatic heterocycles. The van der Waals surface area contributed by atoms with Crippen molar-refractivity contribution < 1.29 is 23.8 Å². The van der Waals surface area contributed by atoms with Gasteiger partial charge in [-0.15, -0.1) is 0 Å². The van der Waals surface area contributed by atoms with Gasteiger partial charge in [0.05, 0.1) is 6.10 Å². The van der Waals surface area contributed by atoms with Gasteiger partial charge in [0.1, 0.15) is 17.8 Å². The molecule has 0 radical (unpaired) electrons. The summed E-state index contributed by atoms with van der Waals surface area (Å²) < 4.78 is 17.5. The molecular weight excluding hydrogens is 380 g/mol. The summed E-state index contributed by atoms with van der Waals surface area (Å²) in [4.78, 5) is 23.1. The molecule has 5 heteroatoms. The Labute approximate surface area is 179 Å². The van der Waals surface area contributed by atoms with Gasteiger partial charge in [0.15, 0.2) is 0 Å². The third kappa shape index (κ3) is 2.63. The summed E-state index contributed by atoms with van der Waals surface area (Å²) in [6.07, 6.45) is 10.1. The first kappa shape index (κ1) is 20.5. The first-order valence-corrected chi connectivity index (χ1v) is 11.8. The van der Waals surface area contributed by atoms with Crippen molar-refractivity contribution in [2.75, 3.05) is 0 Å². The van der Waals surface area contributed by atoms with Gasteiger partial charge in [0, 0.05) is 25.7 Å². The molecule has 0 N–H and O–H groups in total. The smallest absolute Gasteiger partial charge is 0.302 e. The lowest BCUT2D eigenvalue weighted by molar-refractivity contribution is -0.159. The van der Waals surface area contributed by atoms with E-state index >= 15 is 0 Å². The Bertz CT molecular complexity index is 803. The maximum Gasteiger partial charge on any atom is 0.302 e. The summed E-state index contributed by atoms with van der Waals surface area (Å²) in [5, 5.41) is 0. The van der Waals surface area contributed by atoms with E-state index in [9.17, 15) is 9.59 Å². The summed E-state index contributed by atoms with van der Waals surface area (Å²) in [6, 6.07) is 0. The Morgan fingerprint density at radius 1 is 1.13 bits per heavy atom. The number of fused-ring (bicyclic) bond motifs is 7. The summed E-state index contributed by atoms with van der Waals surface area (Å²) in [5.41, 5.74) is 1.53. The highest BCUT2D eigenvalue weighted by atomic mass is 16.7. The van der Waals surface area contributed by atoms with Crippen molar-refractivity contribution in [3.63, 3.8) is 0 Å². The molecule has 0 amide bonds. The van der Waals surface area contributed by atoms with Crippen molar-refractivity contribution in [3.05, 3.63) is 11.6 Å². The van der Waals surface area contributed by atoms with E-state index in [0.717, 1.165) is 38.5 Å².